The van der Waals surface area contributed by atoms with Crippen molar-refractivity contribution in [1.29, 1.82) is 0 Å². The van der Waals surface area contributed by atoms with Gasteiger partial charge < -0.3 is 15.5 Å². The van der Waals surface area contributed by atoms with Crippen LogP contribution < -0.4 is 5.32 Å². The Morgan fingerprint density at radius 3 is 2.26 bits per heavy atom. The zero-order valence-corrected chi connectivity index (χ0v) is 10.4. The maximum atomic E-state index is 12.7. The number of phenolic OH excluding ortho intramolecular Hbond substituents is 1. The van der Waals surface area contributed by atoms with Gasteiger partial charge in [0.05, 0.1) is 6.10 Å². The Hall–Kier alpha value is -1.91. The van der Waals surface area contributed by atoms with Crippen LogP contribution in [0.4, 0.5) is 4.39 Å². The van der Waals surface area contributed by atoms with Crippen LogP contribution >= 0.6 is 0 Å². The van der Waals surface area contributed by atoms with Gasteiger partial charge in [0.1, 0.15) is 11.6 Å². The molecule has 19 heavy (non-hydrogen) atoms. The second kappa shape index (κ2) is 6.31. The van der Waals surface area contributed by atoms with Crippen LogP contribution in [-0.4, -0.2) is 16.8 Å². The quantitative estimate of drug-likeness (QED) is 0.774. The summed E-state index contributed by atoms with van der Waals surface area (Å²) in [6.45, 7) is 0.977. The van der Waals surface area contributed by atoms with Crippen molar-refractivity contribution in [3.63, 3.8) is 0 Å². The standard InChI is InChI=1S/C15H16FNO2/c16-13-5-3-12(4-6-13)15(19)10-17-9-11-1-7-14(18)8-2-11/h1-8,15,17-19H,9-10H2. The molecule has 0 saturated heterocycles. The van der Waals surface area contributed by atoms with Crippen LogP contribution in [0.2, 0.25) is 0 Å². The number of nitrogens with one attached hydrogen (secondary N) is 1. The average Bonchev–Trinajstić information content (AvgIpc) is 2.41. The monoisotopic (exact) mass is 261 g/mol. The maximum absolute atomic E-state index is 12.7. The van der Waals surface area contributed by atoms with E-state index in [9.17, 15) is 9.50 Å². The molecule has 2 rings (SSSR count). The highest BCUT2D eigenvalue weighted by atomic mass is 19.1. The molecule has 2 aromatic rings. The van der Waals surface area contributed by atoms with Crippen LogP contribution in [0.15, 0.2) is 48.5 Å². The van der Waals surface area contributed by atoms with E-state index in [1.807, 2.05) is 12.1 Å². The number of benzene rings is 2. The number of aliphatic hydroxyl groups is 1. The molecule has 0 fully saturated rings. The third-order valence-electron chi connectivity index (χ3n) is 2.86. The van der Waals surface area contributed by atoms with E-state index in [0.717, 1.165) is 5.56 Å². The summed E-state index contributed by atoms with van der Waals surface area (Å²) in [5.41, 5.74) is 1.70. The Bertz CT molecular complexity index is 511. The molecule has 0 spiro atoms. The van der Waals surface area contributed by atoms with Crippen molar-refractivity contribution in [2.45, 2.75) is 12.6 Å². The molecule has 0 radical (unpaired) electrons. The van der Waals surface area contributed by atoms with Gasteiger partial charge in [-0.3, -0.25) is 0 Å². The largest absolute Gasteiger partial charge is 0.508 e. The molecule has 0 amide bonds. The third-order valence-corrected chi connectivity index (χ3v) is 2.86. The highest BCUT2D eigenvalue weighted by molar-refractivity contribution is 5.25. The van der Waals surface area contributed by atoms with Crippen molar-refractivity contribution in [3.8, 4) is 5.75 Å². The molecule has 3 N–H and O–H groups in total. The Labute approximate surface area is 111 Å². The van der Waals surface area contributed by atoms with Gasteiger partial charge in [-0.15, -0.1) is 0 Å². The molecule has 0 bridgehead atoms. The molecule has 0 saturated carbocycles. The van der Waals surface area contributed by atoms with Gasteiger partial charge in [0, 0.05) is 13.1 Å². The van der Waals surface area contributed by atoms with E-state index in [-0.39, 0.29) is 11.6 Å². The summed E-state index contributed by atoms with van der Waals surface area (Å²) in [5.74, 6) is -0.0805. The number of aromatic hydroxyl groups is 1. The predicted molar refractivity (Wildman–Crippen MR) is 71.2 cm³/mol. The summed E-state index contributed by atoms with van der Waals surface area (Å²) in [6, 6.07) is 12.7. The van der Waals surface area contributed by atoms with E-state index in [1.54, 1.807) is 24.3 Å². The van der Waals surface area contributed by atoms with E-state index in [1.165, 1.54) is 12.1 Å². The molecule has 1 unspecified atom stereocenters. The van der Waals surface area contributed by atoms with Crippen LogP contribution in [-0.2, 0) is 6.54 Å². The zero-order valence-electron chi connectivity index (χ0n) is 10.4. The number of hydrogen-bond donors (Lipinski definition) is 3. The van der Waals surface area contributed by atoms with Crippen molar-refractivity contribution in [2.24, 2.45) is 0 Å². The number of phenols is 1. The van der Waals surface area contributed by atoms with Gasteiger partial charge in [-0.05, 0) is 35.4 Å². The first-order valence-electron chi connectivity index (χ1n) is 6.07. The summed E-state index contributed by atoms with van der Waals surface area (Å²) in [6.07, 6.45) is -0.669. The van der Waals surface area contributed by atoms with Crippen LogP contribution in [0.5, 0.6) is 5.75 Å². The van der Waals surface area contributed by atoms with Gasteiger partial charge in [-0.1, -0.05) is 24.3 Å². The molecule has 4 heteroatoms. The smallest absolute Gasteiger partial charge is 0.123 e. The van der Waals surface area contributed by atoms with Crippen LogP contribution in [0.3, 0.4) is 0 Å². The fraction of sp³-hybridized carbons (Fsp3) is 0.200. The normalized spacial score (nSPS) is 12.3. The molecule has 0 aliphatic carbocycles. The lowest BCUT2D eigenvalue weighted by Crippen LogP contribution is -2.21. The van der Waals surface area contributed by atoms with Crippen molar-refractivity contribution in [1.82, 2.24) is 5.32 Å². The first-order valence-corrected chi connectivity index (χ1v) is 6.07. The van der Waals surface area contributed by atoms with Crippen molar-refractivity contribution in [3.05, 3.63) is 65.5 Å². The summed E-state index contributed by atoms with van der Waals surface area (Å²) in [7, 11) is 0. The Morgan fingerprint density at radius 2 is 1.63 bits per heavy atom. The highest BCUT2D eigenvalue weighted by Gasteiger charge is 2.06. The Balaban J connectivity index is 1.82. The summed E-state index contributed by atoms with van der Waals surface area (Å²) in [4.78, 5) is 0. The van der Waals surface area contributed by atoms with Crippen LogP contribution in [0.25, 0.3) is 0 Å². The average molecular weight is 261 g/mol. The van der Waals surface area contributed by atoms with E-state index in [0.29, 0.717) is 18.7 Å². The molecule has 0 heterocycles. The molecular formula is C15H16FNO2. The highest BCUT2D eigenvalue weighted by Crippen LogP contribution is 2.13. The molecule has 0 aliphatic rings. The number of hydrogen-bond acceptors (Lipinski definition) is 3. The Kier molecular flexibility index (Phi) is 4.49. The van der Waals surface area contributed by atoms with E-state index >= 15 is 0 Å². The van der Waals surface area contributed by atoms with Gasteiger partial charge in [-0.2, -0.15) is 0 Å². The molecule has 1 atom stereocenters. The van der Waals surface area contributed by atoms with Gasteiger partial charge >= 0.3 is 0 Å². The molecule has 100 valence electrons. The second-order valence-electron chi connectivity index (χ2n) is 4.36. The topological polar surface area (TPSA) is 52.5 Å². The van der Waals surface area contributed by atoms with Crippen LogP contribution in [0, 0.1) is 5.82 Å². The van der Waals surface area contributed by atoms with Gasteiger partial charge in [0.15, 0.2) is 0 Å². The van der Waals surface area contributed by atoms with Crippen molar-refractivity contribution >= 4 is 0 Å². The predicted octanol–water partition coefficient (Wildman–Crippen LogP) is 2.35. The fourth-order valence-electron chi connectivity index (χ4n) is 1.77. The van der Waals surface area contributed by atoms with E-state index in [2.05, 4.69) is 5.32 Å². The minimum absolute atomic E-state index is 0.232. The van der Waals surface area contributed by atoms with Gasteiger partial charge in [-0.25, -0.2) is 4.39 Å². The summed E-state index contributed by atoms with van der Waals surface area (Å²) < 4.78 is 12.7. The van der Waals surface area contributed by atoms with Crippen molar-refractivity contribution < 1.29 is 14.6 Å². The molecular weight excluding hydrogens is 245 g/mol. The lowest BCUT2D eigenvalue weighted by Gasteiger charge is -2.12. The molecule has 0 aromatic heterocycles. The maximum Gasteiger partial charge on any atom is 0.123 e. The minimum Gasteiger partial charge on any atom is -0.508 e. The van der Waals surface area contributed by atoms with Crippen molar-refractivity contribution in [2.75, 3.05) is 6.54 Å². The van der Waals surface area contributed by atoms with E-state index in [4.69, 9.17) is 5.11 Å². The molecule has 0 aliphatic heterocycles. The number of aliphatic hydroxyl groups excluding tert-OH is 1. The molecule has 2 aromatic carbocycles. The number of halogens is 1. The second-order valence-corrected chi connectivity index (χ2v) is 4.36. The number of rotatable bonds is 5. The first-order chi connectivity index (χ1) is 9.15. The zero-order chi connectivity index (χ0) is 13.7. The van der Waals surface area contributed by atoms with Gasteiger partial charge in [0.2, 0.25) is 0 Å². The van der Waals surface area contributed by atoms with E-state index < -0.39 is 6.10 Å². The van der Waals surface area contributed by atoms with Crippen LogP contribution in [0.1, 0.15) is 17.2 Å². The first kappa shape index (κ1) is 13.5. The third kappa shape index (κ3) is 4.05. The minimum atomic E-state index is -0.669. The lowest BCUT2D eigenvalue weighted by atomic mass is 10.1. The lowest BCUT2D eigenvalue weighted by molar-refractivity contribution is 0.174. The molecule has 3 nitrogen and oxygen atoms in total. The summed E-state index contributed by atoms with van der Waals surface area (Å²) in [5, 5.41) is 22.2. The van der Waals surface area contributed by atoms with Gasteiger partial charge in [0.25, 0.3) is 0 Å². The summed E-state index contributed by atoms with van der Waals surface area (Å²) >= 11 is 0. The Morgan fingerprint density at radius 1 is 1.00 bits per heavy atom. The SMILES string of the molecule is Oc1ccc(CNCC(O)c2ccc(F)cc2)cc1. The fourth-order valence-corrected chi connectivity index (χ4v) is 1.77.